The fourth-order valence-corrected chi connectivity index (χ4v) is 4.66. The van der Waals surface area contributed by atoms with E-state index in [1.54, 1.807) is 20.6 Å². The van der Waals surface area contributed by atoms with Crippen LogP contribution in [0.4, 0.5) is 5.69 Å². The largest absolute Gasteiger partial charge is 0.325 e. The van der Waals surface area contributed by atoms with E-state index in [1.165, 1.54) is 11.8 Å². The van der Waals surface area contributed by atoms with Gasteiger partial charge in [-0.3, -0.25) is 18.8 Å². The number of thioether (sulfide) groups is 1. The predicted octanol–water partition coefficient (Wildman–Crippen LogP) is 3.76. The third-order valence-electron chi connectivity index (χ3n) is 4.57. The maximum Gasteiger partial charge on any atom is 0.280 e. The summed E-state index contributed by atoms with van der Waals surface area (Å²) in [6.07, 6.45) is 0. The van der Waals surface area contributed by atoms with E-state index in [9.17, 15) is 9.59 Å². The van der Waals surface area contributed by atoms with Crippen molar-refractivity contribution in [2.24, 2.45) is 0 Å². The zero-order valence-electron chi connectivity index (χ0n) is 16.7. The molecule has 0 saturated carbocycles. The lowest BCUT2D eigenvalue weighted by Crippen LogP contribution is -2.26. The summed E-state index contributed by atoms with van der Waals surface area (Å²) in [4.78, 5) is 31.6. The first-order chi connectivity index (χ1) is 14.6. The zero-order valence-corrected chi connectivity index (χ0v) is 18.3. The van der Waals surface area contributed by atoms with Gasteiger partial charge in [-0.15, -0.1) is 11.3 Å². The molecule has 0 atom stereocenters. The highest BCUT2D eigenvalue weighted by Crippen LogP contribution is 2.22. The number of hydrogen-bond acceptors (Lipinski definition) is 6. The molecule has 0 spiro atoms. The minimum atomic E-state index is -0.149. The molecule has 30 heavy (non-hydrogen) atoms. The van der Waals surface area contributed by atoms with Crippen molar-refractivity contribution in [1.82, 2.24) is 19.3 Å². The summed E-state index contributed by atoms with van der Waals surface area (Å²) < 4.78 is 3.34. The SMILES string of the molecule is CCn1nc(C)c2nc(SCC(=O)Nc3ccccc3)n(Cc3cccs3)c(=O)c21. The van der Waals surface area contributed by atoms with Gasteiger partial charge in [0.15, 0.2) is 10.7 Å². The highest BCUT2D eigenvalue weighted by atomic mass is 32.2. The summed E-state index contributed by atoms with van der Waals surface area (Å²) in [5.41, 5.74) is 2.41. The third-order valence-corrected chi connectivity index (χ3v) is 6.40. The number of aromatic nitrogens is 4. The minimum Gasteiger partial charge on any atom is -0.325 e. The molecule has 3 heterocycles. The first kappa shape index (κ1) is 20.4. The fraction of sp³-hybridized carbons (Fsp3) is 0.238. The molecule has 0 radical (unpaired) electrons. The molecule has 4 aromatic rings. The van der Waals surface area contributed by atoms with Crippen LogP contribution in [-0.4, -0.2) is 31.0 Å². The van der Waals surface area contributed by atoms with Crippen LogP contribution in [0.2, 0.25) is 0 Å². The molecule has 0 aliphatic rings. The standard InChI is InChI=1S/C21H21N5O2S2/c1-3-26-19-18(14(2)24-26)23-21(25(20(19)28)12-16-10-7-11-29-16)30-13-17(27)22-15-8-5-4-6-9-15/h4-11H,3,12-13H2,1-2H3,(H,22,27). The number of fused-ring (bicyclic) bond motifs is 1. The van der Waals surface area contributed by atoms with Crippen LogP contribution in [0.15, 0.2) is 57.8 Å². The molecule has 154 valence electrons. The molecule has 0 aliphatic carbocycles. The number of hydrogen-bond donors (Lipinski definition) is 1. The van der Waals surface area contributed by atoms with Crippen LogP contribution in [0.25, 0.3) is 11.0 Å². The molecule has 0 aliphatic heterocycles. The van der Waals surface area contributed by atoms with Crippen molar-refractivity contribution in [3.05, 3.63) is 68.8 Å². The van der Waals surface area contributed by atoms with E-state index in [-0.39, 0.29) is 17.2 Å². The molecule has 7 nitrogen and oxygen atoms in total. The molecular formula is C21H21N5O2S2. The lowest BCUT2D eigenvalue weighted by Gasteiger charge is -2.12. The molecule has 9 heteroatoms. The number of rotatable bonds is 7. The fourth-order valence-electron chi connectivity index (χ4n) is 3.17. The topological polar surface area (TPSA) is 81.8 Å². The third kappa shape index (κ3) is 4.17. The summed E-state index contributed by atoms with van der Waals surface area (Å²) >= 11 is 2.84. The number of aryl methyl sites for hydroxylation is 2. The number of para-hydroxylation sites is 1. The second-order valence-electron chi connectivity index (χ2n) is 6.67. The summed E-state index contributed by atoms with van der Waals surface area (Å²) in [6.45, 7) is 4.80. The molecule has 1 amide bonds. The monoisotopic (exact) mass is 439 g/mol. The Labute approximate surface area is 181 Å². The maximum atomic E-state index is 13.4. The van der Waals surface area contributed by atoms with Crippen LogP contribution in [0.1, 0.15) is 17.5 Å². The predicted molar refractivity (Wildman–Crippen MR) is 121 cm³/mol. The van der Waals surface area contributed by atoms with E-state index in [1.807, 2.05) is 61.7 Å². The van der Waals surface area contributed by atoms with Crippen molar-refractivity contribution >= 4 is 45.7 Å². The summed E-state index contributed by atoms with van der Waals surface area (Å²) in [5.74, 6) is 0.00214. The average Bonchev–Trinajstić information content (AvgIpc) is 3.37. The molecular weight excluding hydrogens is 418 g/mol. The average molecular weight is 440 g/mol. The Hall–Kier alpha value is -2.91. The number of amides is 1. The minimum absolute atomic E-state index is 0.137. The molecule has 0 bridgehead atoms. The quantitative estimate of drug-likeness (QED) is 0.350. The number of carbonyl (C=O) groups is 1. The molecule has 1 N–H and O–H groups in total. The molecule has 0 unspecified atom stereocenters. The normalized spacial score (nSPS) is 11.1. The number of nitrogens with zero attached hydrogens (tertiary/aromatic N) is 4. The van der Waals surface area contributed by atoms with Crippen LogP contribution in [0.5, 0.6) is 0 Å². The lowest BCUT2D eigenvalue weighted by molar-refractivity contribution is -0.113. The Balaban J connectivity index is 1.67. The van der Waals surface area contributed by atoms with Crippen molar-refractivity contribution in [3.63, 3.8) is 0 Å². The van der Waals surface area contributed by atoms with Gasteiger partial charge in [0.2, 0.25) is 5.91 Å². The van der Waals surface area contributed by atoms with Gasteiger partial charge in [0, 0.05) is 17.1 Å². The van der Waals surface area contributed by atoms with E-state index >= 15 is 0 Å². The Kier molecular flexibility index (Phi) is 6.01. The number of nitrogens with one attached hydrogen (secondary N) is 1. The number of anilines is 1. The summed E-state index contributed by atoms with van der Waals surface area (Å²) in [6, 6.07) is 13.2. The van der Waals surface area contributed by atoms with Gasteiger partial charge in [0.25, 0.3) is 5.56 Å². The van der Waals surface area contributed by atoms with E-state index in [0.29, 0.717) is 35.0 Å². The lowest BCUT2D eigenvalue weighted by atomic mass is 10.3. The van der Waals surface area contributed by atoms with Gasteiger partial charge < -0.3 is 5.32 Å². The Morgan fingerprint density at radius 2 is 2.00 bits per heavy atom. The van der Waals surface area contributed by atoms with Gasteiger partial charge in [-0.05, 0) is 37.4 Å². The number of thiophene rings is 1. The van der Waals surface area contributed by atoms with Crippen LogP contribution >= 0.6 is 23.1 Å². The Morgan fingerprint density at radius 3 is 2.70 bits per heavy atom. The van der Waals surface area contributed by atoms with E-state index in [2.05, 4.69) is 10.4 Å². The first-order valence-corrected chi connectivity index (χ1v) is 11.4. The Bertz CT molecular complexity index is 1230. The molecule has 3 aromatic heterocycles. The van der Waals surface area contributed by atoms with E-state index in [4.69, 9.17) is 4.98 Å². The second-order valence-corrected chi connectivity index (χ2v) is 8.64. The zero-order chi connectivity index (χ0) is 21.1. The van der Waals surface area contributed by atoms with E-state index < -0.39 is 0 Å². The first-order valence-electron chi connectivity index (χ1n) is 9.55. The molecule has 1 aromatic carbocycles. The smallest absolute Gasteiger partial charge is 0.280 e. The van der Waals surface area contributed by atoms with Gasteiger partial charge >= 0.3 is 0 Å². The van der Waals surface area contributed by atoms with Crippen LogP contribution < -0.4 is 10.9 Å². The van der Waals surface area contributed by atoms with Gasteiger partial charge in [0.05, 0.1) is 18.0 Å². The van der Waals surface area contributed by atoms with Crippen molar-refractivity contribution in [2.75, 3.05) is 11.1 Å². The number of carbonyl (C=O) groups excluding carboxylic acids is 1. The molecule has 0 saturated heterocycles. The molecule has 4 rings (SSSR count). The van der Waals surface area contributed by atoms with E-state index in [0.717, 1.165) is 10.6 Å². The van der Waals surface area contributed by atoms with Gasteiger partial charge in [-0.2, -0.15) is 5.10 Å². The highest BCUT2D eigenvalue weighted by Gasteiger charge is 2.19. The molecule has 0 fully saturated rings. The van der Waals surface area contributed by atoms with Gasteiger partial charge in [-0.1, -0.05) is 36.0 Å². The number of benzene rings is 1. The second kappa shape index (κ2) is 8.85. The van der Waals surface area contributed by atoms with Crippen molar-refractivity contribution < 1.29 is 4.79 Å². The van der Waals surface area contributed by atoms with Crippen LogP contribution in [0, 0.1) is 6.92 Å². The summed E-state index contributed by atoms with van der Waals surface area (Å²) in [7, 11) is 0. The van der Waals surface area contributed by atoms with Crippen molar-refractivity contribution in [1.29, 1.82) is 0 Å². The maximum absolute atomic E-state index is 13.4. The van der Waals surface area contributed by atoms with Gasteiger partial charge in [0.1, 0.15) is 5.52 Å². The summed E-state index contributed by atoms with van der Waals surface area (Å²) in [5, 5.41) is 9.81. The van der Waals surface area contributed by atoms with Crippen LogP contribution in [0.3, 0.4) is 0 Å². The van der Waals surface area contributed by atoms with Crippen molar-refractivity contribution in [3.8, 4) is 0 Å². The van der Waals surface area contributed by atoms with Crippen LogP contribution in [-0.2, 0) is 17.9 Å². The highest BCUT2D eigenvalue weighted by molar-refractivity contribution is 7.99. The Morgan fingerprint density at radius 1 is 1.20 bits per heavy atom. The van der Waals surface area contributed by atoms with Crippen molar-refractivity contribution in [2.45, 2.75) is 32.1 Å². The van der Waals surface area contributed by atoms with Gasteiger partial charge in [-0.25, -0.2) is 4.98 Å².